The predicted octanol–water partition coefficient (Wildman–Crippen LogP) is 3.44. The van der Waals surface area contributed by atoms with Crippen molar-refractivity contribution in [1.82, 2.24) is 4.57 Å². The van der Waals surface area contributed by atoms with Crippen molar-refractivity contribution in [3.8, 4) is 28.7 Å². The molecule has 1 aromatic carbocycles. The van der Waals surface area contributed by atoms with Crippen LogP contribution in [0.25, 0.3) is 11.1 Å². The number of alkyl halides is 2. The zero-order valence-corrected chi connectivity index (χ0v) is 10.9. The number of ether oxygens (including phenoxy) is 2. The summed E-state index contributed by atoms with van der Waals surface area (Å²) in [5.41, 5.74) is 0.854. The van der Waals surface area contributed by atoms with Crippen LogP contribution in [0.1, 0.15) is 12.2 Å². The lowest BCUT2D eigenvalue weighted by molar-refractivity contribution is 0.0699. The molecule has 0 radical (unpaired) electrons. The van der Waals surface area contributed by atoms with E-state index < -0.39 is 6.55 Å². The van der Waals surface area contributed by atoms with E-state index in [1.54, 1.807) is 24.3 Å². The number of hydrogen-bond acceptors (Lipinski definition) is 3. The minimum absolute atomic E-state index is 0.122. The molecule has 0 saturated carbocycles. The SMILES string of the molecule is COc1cccc(OC)c1-c1cc(C#N)n(C(F)F)c1. The van der Waals surface area contributed by atoms with E-state index in [9.17, 15) is 8.78 Å². The zero-order chi connectivity index (χ0) is 14.7. The van der Waals surface area contributed by atoms with Crippen LogP contribution in [0.4, 0.5) is 8.78 Å². The van der Waals surface area contributed by atoms with Crippen molar-refractivity contribution in [3.63, 3.8) is 0 Å². The van der Waals surface area contributed by atoms with Gasteiger partial charge in [0, 0.05) is 11.8 Å². The Balaban J connectivity index is 2.66. The zero-order valence-electron chi connectivity index (χ0n) is 10.9. The molecule has 0 aliphatic carbocycles. The molecule has 0 aliphatic rings. The molecule has 0 saturated heterocycles. The number of hydrogen-bond donors (Lipinski definition) is 0. The first kappa shape index (κ1) is 13.9. The first-order valence-electron chi connectivity index (χ1n) is 5.73. The van der Waals surface area contributed by atoms with Crippen LogP contribution < -0.4 is 9.47 Å². The highest BCUT2D eigenvalue weighted by Gasteiger charge is 2.18. The summed E-state index contributed by atoms with van der Waals surface area (Å²) in [7, 11) is 2.96. The Labute approximate surface area is 114 Å². The van der Waals surface area contributed by atoms with Gasteiger partial charge in [0.2, 0.25) is 0 Å². The third-order valence-corrected chi connectivity index (χ3v) is 2.89. The average molecular weight is 278 g/mol. The van der Waals surface area contributed by atoms with Crippen LogP contribution in [0, 0.1) is 11.3 Å². The first-order chi connectivity index (χ1) is 9.62. The van der Waals surface area contributed by atoms with Crippen LogP contribution in [-0.2, 0) is 0 Å². The molecule has 1 aromatic heterocycles. The molecule has 4 nitrogen and oxygen atoms in total. The quantitative estimate of drug-likeness (QED) is 0.860. The molecule has 0 fully saturated rings. The molecule has 104 valence electrons. The lowest BCUT2D eigenvalue weighted by atomic mass is 10.1. The van der Waals surface area contributed by atoms with E-state index in [4.69, 9.17) is 14.7 Å². The van der Waals surface area contributed by atoms with Gasteiger partial charge in [-0.3, -0.25) is 4.57 Å². The second kappa shape index (κ2) is 5.61. The normalized spacial score (nSPS) is 10.4. The standard InChI is InChI=1S/C14H12F2N2O2/c1-19-11-4-3-5-12(20-2)13(11)9-6-10(7-17)18(8-9)14(15)16/h3-6,8,14H,1-2H3. The summed E-state index contributed by atoms with van der Waals surface area (Å²) in [5, 5.41) is 8.91. The van der Waals surface area contributed by atoms with E-state index in [1.165, 1.54) is 26.5 Å². The van der Waals surface area contributed by atoms with E-state index >= 15 is 0 Å². The smallest absolute Gasteiger partial charge is 0.319 e. The van der Waals surface area contributed by atoms with Gasteiger partial charge in [-0.05, 0) is 18.2 Å². The monoisotopic (exact) mass is 278 g/mol. The highest BCUT2D eigenvalue weighted by molar-refractivity contribution is 5.77. The van der Waals surface area contributed by atoms with Gasteiger partial charge in [0.15, 0.2) is 0 Å². The molecule has 20 heavy (non-hydrogen) atoms. The van der Waals surface area contributed by atoms with Crippen LogP contribution in [0.15, 0.2) is 30.5 Å². The highest BCUT2D eigenvalue weighted by Crippen LogP contribution is 2.39. The van der Waals surface area contributed by atoms with Gasteiger partial charge in [0.25, 0.3) is 0 Å². The number of nitriles is 1. The van der Waals surface area contributed by atoms with Crippen LogP contribution in [0.2, 0.25) is 0 Å². The van der Waals surface area contributed by atoms with Gasteiger partial charge in [-0.25, -0.2) is 0 Å². The van der Waals surface area contributed by atoms with Gasteiger partial charge in [-0.1, -0.05) is 6.07 Å². The van der Waals surface area contributed by atoms with Crippen molar-refractivity contribution < 1.29 is 18.3 Å². The molecule has 0 spiro atoms. The molecule has 0 N–H and O–H groups in total. The lowest BCUT2D eigenvalue weighted by Gasteiger charge is -2.11. The number of benzene rings is 1. The van der Waals surface area contributed by atoms with E-state index in [1.807, 2.05) is 0 Å². The number of nitrogens with zero attached hydrogens (tertiary/aromatic N) is 2. The van der Waals surface area contributed by atoms with Gasteiger partial charge >= 0.3 is 6.55 Å². The fraction of sp³-hybridized carbons (Fsp3) is 0.214. The summed E-state index contributed by atoms with van der Waals surface area (Å²) < 4.78 is 36.8. The Morgan fingerprint density at radius 3 is 2.20 bits per heavy atom. The van der Waals surface area contributed by atoms with Crippen LogP contribution in [-0.4, -0.2) is 18.8 Å². The van der Waals surface area contributed by atoms with Crippen molar-refractivity contribution in [3.05, 3.63) is 36.2 Å². The molecule has 0 unspecified atom stereocenters. The Hall–Kier alpha value is -2.55. The summed E-state index contributed by atoms with van der Waals surface area (Å²) in [6.45, 7) is -2.78. The Morgan fingerprint density at radius 1 is 1.20 bits per heavy atom. The average Bonchev–Trinajstić information content (AvgIpc) is 2.90. The second-order valence-electron chi connectivity index (χ2n) is 3.95. The minimum atomic E-state index is -2.78. The van der Waals surface area contributed by atoms with Crippen molar-refractivity contribution in [1.29, 1.82) is 5.26 Å². The minimum Gasteiger partial charge on any atom is -0.496 e. The van der Waals surface area contributed by atoms with Gasteiger partial charge in [-0.2, -0.15) is 14.0 Å². The number of methoxy groups -OCH3 is 2. The second-order valence-corrected chi connectivity index (χ2v) is 3.95. The Kier molecular flexibility index (Phi) is 3.89. The maximum Gasteiger partial charge on any atom is 0.319 e. The van der Waals surface area contributed by atoms with Crippen LogP contribution >= 0.6 is 0 Å². The van der Waals surface area contributed by atoms with Crippen LogP contribution in [0.3, 0.4) is 0 Å². The summed E-state index contributed by atoms with van der Waals surface area (Å²) in [6.07, 6.45) is 1.21. The van der Waals surface area contributed by atoms with Crippen LogP contribution in [0.5, 0.6) is 11.5 Å². The van der Waals surface area contributed by atoms with Crippen molar-refractivity contribution >= 4 is 0 Å². The van der Waals surface area contributed by atoms with Gasteiger partial charge < -0.3 is 9.47 Å². The van der Waals surface area contributed by atoms with Crippen molar-refractivity contribution in [2.75, 3.05) is 14.2 Å². The van der Waals surface area contributed by atoms with E-state index in [0.717, 1.165) is 0 Å². The molecule has 0 bridgehead atoms. The molecule has 2 rings (SSSR count). The summed E-state index contributed by atoms with van der Waals surface area (Å²) in [6, 6.07) is 8.25. The van der Waals surface area contributed by atoms with E-state index in [0.29, 0.717) is 27.2 Å². The largest absolute Gasteiger partial charge is 0.496 e. The molecule has 0 aliphatic heterocycles. The van der Waals surface area contributed by atoms with Crippen molar-refractivity contribution in [2.45, 2.75) is 6.55 Å². The molecule has 2 aromatic rings. The summed E-state index contributed by atoms with van der Waals surface area (Å²) in [4.78, 5) is 0. The fourth-order valence-electron chi connectivity index (χ4n) is 2.00. The predicted molar refractivity (Wildman–Crippen MR) is 68.9 cm³/mol. The molecular weight excluding hydrogens is 266 g/mol. The molecule has 1 heterocycles. The Morgan fingerprint density at radius 2 is 1.80 bits per heavy atom. The third-order valence-electron chi connectivity index (χ3n) is 2.89. The van der Waals surface area contributed by atoms with E-state index in [-0.39, 0.29) is 5.69 Å². The number of aromatic nitrogens is 1. The molecule has 0 atom stereocenters. The number of halogens is 2. The van der Waals surface area contributed by atoms with E-state index in [2.05, 4.69) is 0 Å². The topological polar surface area (TPSA) is 47.2 Å². The summed E-state index contributed by atoms with van der Waals surface area (Å²) in [5.74, 6) is 0.973. The molecule has 0 amide bonds. The van der Waals surface area contributed by atoms with Gasteiger partial charge in [0.1, 0.15) is 23.3 Å². The molecular formula is C14H12F2N2O2. The van der Waals surface area contributed by atoms with Gasteiger partial charge in [-0.15, -0.1) is 0 Å². The molecule has 6 heteroatoms. The Bertz CT molecular complexity index is 637. The lowest BCUT2D eigenvalue weighted by Crippen LogP contribution is -1.98. The fourth-order valence-corrected chi connectivity index (χ4v) is 2.00. The maximum atomic E-state index is 12.9. The maximum absolute atomic E-state index is 12.9. The summed E-state index contributed by atoms with van der Waals surface area (Å²) >= 11 is 0. The highest BCUT2D eigenvalue weighted by atomic mass is 19.3. The number of rotatable bonds is 4. The first-order valence-corrected chi connectivity index (χ1v) is 5.73. The third kappa shape index (κ3) is 2.30. The van der Waals surface area contributed by atoms with Crippen molar-refractivity contribution in [2.24, 2.45) is 0 Å². The van der Waals surface area contributed by atoms with Gasteiger partial charge in [0.05, 0.1) is 19.8 Å².